The van der Waals surface area contributed by atoms with E-state index in [2.05, 4.69) is 16.9 Å². The Hall–Kier alpha value is -1.33. The van der Waals surface area contributed by atoms with Crippen molar-refractivity contribution in [1.82, 2.24) is 0 Å². The Morgan fingerprint density at radius 1 is 1.20 bits per heavy atom. The molecule has 1 N–H and O–H groups in total. The van der Waals surface area contributed by atoms with E-state index in [1.165, 1.54) is 12.0 Å². The second kappa shape index (κ2) is 10.6. The van der Waals surface area contributed by atoms with Crippen LogP contribution in [0, 0.1) is 11.8 Å². The van der Waals surface area contributed by atoms with E-state index < -0.39 is 6.10 Å². The number of ether oxygens (including phenoxy) is 1. The Morgan fingerprint density at radius 3 is 2.64 bits per heavy atom. The van der Waals surface area contributed by atoms with Gasteiger partial charge in [0, 0.05) is 35.3 Å². The van der Waals surface area contributed by atoms with Crippen molar-refractivity contribution < 1.29 is 19.4 Å². The molecule has 3 atom stereocenters. The molecule has 0 aromatic heterocycles. The molecule has 0 radical (unpaired) electrons. The summed E-state index contributed by atoms with van der Waals surface area (Å²) in [7, 11) is 1.41. The molecule has 1 aliphatic carbocycles. The van der Waals surface area contributed by atoms with Gasteiger partial charge >= 0.3 is 5.97 Å². The largest absolute Gasteiger partial charge is 0.469 e. The maximum atomic E-state index is 12.2. The van der Waals surface area contributed by atoms with Crippen molar-refractivity contribution in [2.45, 2.75) is 55.9 Å². The molecule has 0 saturated heterocycles. The number of hydrogen-bond donors (Lipinski definition) is 1. The topological polar surface area (TPSA) is 63.6 Å². The molecule has 2 rings (SSSR count). The summed E-state index contributed by atoms with van der Waals surface area (Å²) in [6.07, 6.45) is 4.89. The Bertz CT molecular complexity index is 546. The van der Waals surface area contributed by atoms with Crippen molar-refractivity contribution in [1.29, 1.82) is 0 Å². The first-order chi connectivity index (χ1) is 12.1. The Balaban J connectivity index is 1.73. The monoisotopic (exact) mass is 364 g/mol. The molecule has 5 heteroatoms. The van der Waals surface area contributed by atoms with Gasteiger partial charge < -0.3 is 9.84 Å². The number of carbonyl (C=O) groups excluding carboxylic acids is 2. The Morgan fingerprint density at radius 2 is 1.92 bits per heavy atom. The van der Waals surface area contributed by atoms with Gasteiger partial charge in [0.05, 0.1) is 13.2 Å². The molecule has 0 amide bonds. The van der Waals surface area contributed by atoms with Gasteiger partial charge in [0.25, 0.3) is 0 Å². The summed E-state index contributed by atoms with van der Waals surface area (Å²) in [6, 6.07) is 10.1. The SMILES string of the molecule is COC(=O)CCCCCCC1C(=O)CC(O)C1CSc1ccccc1. The van der Waals surface area contributed by atoms with Crippen molar-refractivity contribution in [3.8, 4) is 0 Å². The highest BCUT2D eigenvalue weighted by molar-refractivity contribution is 7.99. The number of aliphatic hydroxyl groups excluding tert-OH is 1. The second-order valence-electron chi connectivity index (χ2n) is 6.66. The first kappa shape index (κ1) is 20.0. The van der Waals surface area contributed by atoms with Gasteiger partial charge in [-0.2, -0.15) is 0 Å². The number of carbonyl (C=O) groups is 2. The molecule has 1 fully saturated rings. The van der Waals surface area contributed by atoms with Crippen LogP contribution in [0.3, 0.4) is 0 Å². The third-order valence-electron chi connectivity index (χ3n) is 4.89. The predicted octanol–water partition coefficient (Wildman–Crippen LogP) is 3.86. The third kappa shape index (κ3) is 6.48. The number of aliphatic hydroxyl groups is 1. The predicted molar refractivity (Wildman–Crippen MR) is 99.5 cm³/mol. The molecule has 1 saturated carbocycles. The van der Waals surface area contributed by atoms with Crippen LogP contribution in [0.15, 0.2) is 35.2 Å². The van der Waals surface area contributed by atoms with Gasteiger partial charge in [-0.05, 0) is 25.0 Å². The highest BCUT2D eigenvalue weighted by Gasteiger charge is 2.40. The van der Waals surface area contributed by atoms with Crippen molar-refractivity contribution >= 4 is 23.5 Å². The minimum absolute atomic E-state index is 0.0215. The van der Waals surface area contributed by atoms with Gasteiger partial charge in [0.2, 0.25) is 0 Å². The van der Waals surface area contributed by atoms with Gasteiger partial charge in [0.15, 0.2) is 0 Å². The fraction of sp³-hybridized carbons (Fsp3) is 0.600. The average Bonchev–Trinajstić information content (AvgIpc) is 2.89. The van der Waals surface area contributed by atoms with Crippen LogP contribution in [0.25, 0.3) is 0 Å². The van der Waals surface area contributed by atoms with Crippen LogP contribution in [0.1, 0.15) is 44.9 Å². The lowest BCUT2D eigenvalue weighted by Crippen LogP contribution is -2.23. The zero-order valence-corrected chi connectivity index (χ0v) is 15.7. The minimum atomic E-state index is -0.506. The molecule has 4 nitrogen and oxygen atoms in total. The molecular formula is C20H28O4S. The van der Waals surface area contributed by atoms with Gasteiger partial charge in [0.1, 0.15) is 5.78 Å². The minimum Gasteiger partial charge on any atom is -0.469 e. The van der Waals surface area contributed by atoms with Crippen molar-refractivity contribution in [2.24, 2.45) is 11.8 Å². The number of methoxy groups -OCH3 is 1. The number of unbranched alkanes of at least 4 members (excludes halogenated alkanes) is 3. The fourth-order valence-electron chi connectivity index (χ4n) is 3.42. The number of hydrogen-bond acceptors (Lipinski definition) is 5. The van der Waals surface area contributed by atoms with E-state index in [1.54, 1.807) is 11.8 Å². The van der Waals surface area contributed by atoms with E-state index >= 15 is 0 Å². The van der Waals surface area contributed by atoms with E-state index in [1.807, 2.05) is 18.2 Å². The van der Waals surface area contributed by atoms with Crippen molar-refractivity contribution in [2.75, 3.05) is 12.9 Å². The van der Waals surface area contributed by atoms with Gasteiger partial charge in [-0.25, -0.2) is 0 Å². The molecule has 1 aromatic rings. The van der Waals surface area contributed by atoms with Crippen LogP contribution in [-0.2, 0) is 14.3 Å². The molecule has 1 aliphatic rings. The van der Waals surface area contributed by atoms with Gasteiger partial charge in [-0.15, -0.1) is 11.8 Å². The van der Waals surface area contributed by atoms with Gasteiger partial charge in [-0.3, -0.25) is 9.59 Å². The summed E-state index contributed by atoms with van der Waals surface area (Å²) in [6.45, 7) is 0. The first-order valence-electron chi connectivity index (χ1n) is 9.07. The number of thioether (sulfide) groups is 1. The lowest BCUT2D eigenvalue weighted by Gasteiger charge is -2.20. The van der Waals surface area contributed by atoms with E-state index in [-0.39, 0.29) is 23.6 Å². The van der Waals surface area contributed by atoms with Crippen molar-refractivity contribution in [3.05, 3.63) is 30.3 Å². The Kier molecular flexibility index (Phi) is 8.49. The molecule has 0 spiro atoms. The summed E-state index contributed by atoms with van der Waals surface area (Å²) in [5.74, 6) is 0.858. The highest BCUT2D eigenvalue weighted by atomic mass is 32.2. The van der Waals surface area contributed by atoms with E-state index in [9.17, 15) is 14.7 Å². The number of rotatable bonds is 10. The van der Waals surface area contributed by atoms with Crippen molar-refractivity contribution in [3.63, 3.8) is 0 Å². The molecule has 0 bridgehead atoms. The number of esters is 1. The molecule has 0 aliphatic heterocycles. The quantitative estimate of drug-likeness (QED) is 0.388. The second-order valence-corrected chi connectivity index (χ2v) is 7.75. The fourth-order valence-corrected chi connectivity index (χ4v) is 4.61. The normalized spacial score (nSPS) is 23.0. The number of ketones is 1. The zero-order chi connectivity index (χ0) is 18.1. The van der Waals surface area contributed by atoms with Crippen LogP contribution in [-0.4, -0.2) is 35.8 Å². The summed E-state index contributed by atoms with van der Waals surface area (Å²) in [5, 5.41) is 10.3. The smallest absolute Gasteiger partial charge is 0.305 e. The standard InChI is InChI=1S/C20H28O4S/c1-24-20(23)12-8-3-2-7-11-16-17(19(22)13-18(16)21)14-25-15-9-5-4-6-10-15/h4-6,9-10,16-17,19,22H,2-3,7-8,11-14H2,1H3. The molecule has 3 unspecified atom stereocenters. The number of benzene rings is 1. The zero-order valence-electron chi connectivity index (χ0n) is 14.9. The average molecular weight is 365 g/mol. The lowest BCUT2D eigenvalue weighted by atomic mass is 9.90. The maximum absolute atomic E-state index is 12.2. The highest BCUT2D eigenvalue weighted by Crippen LogP contribution is 2.37. The summed E-state index contributed by atoms with van der Waals surface area (Å²) in [5.41, 5.74) is 0. The Labute approximate surface area is 154 Å². The lowest BCUT2D eigenvalue weighted by molar-refractivity contribution is -0.140. The third-order valence-corrected chi connectivity index (χ3v) is 6.05. The van der Waals surface area contributed by atoms with E-state index in [0.717, 1.165) is 37.9 Å². The van der Waals surface area contributed by atoms with Crippen LogP contribution >= 0.6 is 11.8 Å². The molecule has 1 aromatic carbocycles. The number of Topliss-reactive ketones (excluding diaryl/α,β-unsaturated/α-hetero) is 1. The van der Waals surface area contributed by atoms with Crippen LogP contribution in [0.5, 0.6) is 0 Å². The summed E-state index contributed by atoms with van der Waals surface area (Å²) >= 11 is 1.72. The van der Waals surface area contributed by atoms with E-state index in [4.69, 9.17) is 0 Å². The molecule has 25 heavy (non-hydrogen) atoms. The first-order valence-corrected chi connectivity index (χ1v) is 10.1. The maximum Gasteiger partial charge on any atom is 0.305 e. The molecule has 0 heterocycles. The van der Waals surface area contributed by atoms with Crippen LogP contribution in [0.4, 0.5) is 0 Å². The molecule has 138 valence electrons. The van der Waals surface area contributed by atoms with Gasteiger partial charge in [-0.1, -0.05) is 37.5 Å². The van der Waals surface area contributed by atoms with E-state index in [0.29, 0.717) is 12.8 Å². The molecular weight excluding hydrogens is 336 g/mol. The summed E-state index contributed by atoms with van der Waals surface area (Å²) < 4.78 is 4.63. The summed E-state index contributed by atoms with van der Waals surface area (Å²) in [4.78, 5) is 24.5. The van der Waals surface area contributed by atoms with Crippen LogP contribution < -0.4 is 0 Å². The van der Waals surface area contributed by atoms with Crippen LogP contribution in [0.2, 0.25) is 0 Å².